The maximum atomic E-state index is 12.7. The highest BCUT2D eigenvalue weighted by Gasteiger charge is 2.16. The molecule has 0 aliphatic carbocycles. The van der Waals surface area contributed by atoms with Crippen LogP contribution in [0.3, 0.4) is 0 Å². The maximum Gasteiger partial charge on any atom is 0.255 e. The van der Waals surface area contributed by atoms with E-state index in [0.717, 1.165) is 0 Å². The Morgan fingerprint density at radius 1 is 1.03 bits per heavy atom. The average Bonchev–Trinajstić information content (AvgIpc) is 2.79. The first-order chi connectivity index (χ1) is 15.2. The second-order valence-corrected chi connectivity index (χ2v) is 9.16. The van der Waals surface area contributed by atoms with Gasteiger partial charge in [0.1, 0.15) is 18.1 Å². The van der Waals surface area contributed by atoms with E-state index < -0.39 is 21.7 Å². The van der Waals surface area contributed by atoms with Crippen molar-refractivity contribution < 1.29 is 27.9 Å². The van der Waals surface area contributed by atoms with Crippen molar-refractivity contribution in [1.82, 2.24) is 0 Å². The van der Waals surface area contributed by atoms with Crippen molar-refractivity contribution in [2.24, 2.45) is 5.73 Å². The summed E-state index contributed by atoms with van der Waals surface area (Å²) < 4.78 is 29.8. The number of ether oxygens (including phenoxy) is 1. The lowest BCUT2D eigenvalue weighted by Gasteiger charge is -2.12. The number of hydrogen-bond acceptors (Lipinski definition) is 6. The molecule has 0 aliphatic rings. The number of carbonyl (C=O) groups is 2. The Morgan fingerprint density at radius 3 is 2.50 bits per heavy atom. The fraction of sp³-hybridized carbons (Fsp3) is 0.130. The van der Waals surface area contributed by atoms with E-state index >= 15 is 0 Å². The number of aromatic hydroxyl groups is 1. The Kier molecular flexibility index (Phi) is 6.79. The summed E-state index contributed by atoms with van der Waals surface area (Å²) in [6.45, 7) is 1.59. The molecule has 0 radical (unpaired) electrons. The number of phenols is 1. The smallest absolute Gasteiger partial charge is 0.255 e. The number of phenolic OH excluding ortho intramolecular Hbond substituents is 1. The van der Waals surface area contributed by atoms with Crippen LogP contribution in [0.1, 0.15) is 33.2 Å². The van der Waals surface area contributed by atoms with Crippen LogP contribution < -0.4 is 15.8 Å². The predicted molar refractivity (Wildman–Crippen MR) is 120 cm³/mol. The van der Waals surface area contributed by atoms with E-state index in [1.54, 1.807) is 48.5 Å². The Morgan fingerprint density at radius 2 is 1.78 bits per heavy atom. The number of nitrogens with one attached hydrogen (secondary N) is 1. The first kappa shape index (κ1) is 22.8. The van der Waals surface area contributed by atoms with Gasteiger partial charge in [0.25, 0.3) is 11.8 Å². The van der Waals surface area contributed by atoms with Crippen LogP contribution in [0.4, 0.5) is 5.69 Å². The molecule has 0 aromatic heterocycles. The van der Waals surface area contributed by atoms with Crippen molar-refractivity contribution in [3.05, 3.63) is 83.4 Å². The lowest BCUT2D eigenvalue weighted by Crippen LogP contribution is -2.14. The van der Waals surface area contributed by atoms with Gasteiger partial charge >= 0.3 is 0 Å². The molecule has 3 aromatic carbocycles. The van der Waals surface area contributed by atoms with Crippen LogP contribution in [0.2, 0.25) is 0 Å². The highest BCUT2D eigenvalue weighted by Crippen LogP contribution is 2.27. The summed E-state index contributed by atoms with van der Waals surface area (Å²) >= 11 is 0. The highest BCUT2D eigenvalue weighted by atomic mass is 32.2. The number of nitrogens with two attached hydrogens (primary N) is 1. The van der Waals surface area contributed by atoms with Gasteiger partial charge in [-0.25, -0.2) is 8.42 Å². The van der Waals surface area contributed by atoms with E-state index in [4.69, 9.17) is 10.5 Å². The second kappa shape index (κ2) is 9.52. The summed E-state index contributed by atoms with van der Waals surface area (Å²) in [5.74, 6) is -1.18. The van der Waals surface area contributed by atoms with Crippen molar-refractivity contribution in [3.8, 4) is 11.5 Å². The molecule has 0 aliphatic heterocycles. The summed E-state index contributed by atoms with van der Waals surface area (Å²) in [5.41, 5.74) is 6.52. The molecular formula is C23H22N2O6S. The third-order valence-corrected chi connectivity index (χ3v) is 6.42. The highest BCUT2D eigenvalue weighted by molar-refractivity contribution is 7.91. The summed E-state index contributed by atoms with van der Waals surface area (Å²) in [7, 11) is -3.50. The molecule has 8 nitrogen and oxygen atoms in total. The fourth-order valence-electron chi connectivity index (χ4n) is 2.93. The molecule has 0 spiro atoms. The Labute approximate surface area is 185 Å². The van der Waals surface area contributed by atoms with Gasteiger partial charge in [0.2, 0.25) is 0 Å². The molecule has 2 amide bonds. The van der Waals surface area contributed by atoms with E-state index in [-0.39, 0.29) is 39.8 Å². The lowest BCUT2D eigenvalue weighted by molar-refractivity contribution is 0.0994. The number of primary amides is 1. The largest absolute Gasteiger partial charge is 0.506 e. The number of benzene rings is 3. The zero-order chi connectivity index (χ0) is 23.3. The standard InChI is InChI=1S/C23H22N2O6S/c1-2-32(29,30)17-10-11-20(26)19(13-17)25-23(28)16-7-5-6-15(12-16)14-31-21-9-4-3-8-18(21)22(24)27/h3-13,26H,2,14H2,1H3,(H2,24,27)(H,25,28). The molecule has 4 N–H and O–H groups in total. The van der Waals surface area contributed by atoms with Gasteiger partial charge in [-0.3, -0.25) is 9.59 Å². The van der Waals surface area contributed by atoms with Crippen molar-refractivity contribution >= 4 is 27.3 Å². The molecule has 3 aromatic rings. The van der Waals surface area contributed by atoms with Gasteiger partial charge < -0.3 is 20.9 Å². The minimum atomic E-state index is -3.50. The molecular weight excluding hydrogens is 432 g/mol. The first-order valence-corrected chi connectivity index (χ1v) is 11.3. The third kappa shape index (κ3) is 5.25. The van der Waals surface area contributed by atoms with Gasteiger partial charge in [-0.2, -0.15) is 0 Å². The van der Waals surface area contributed by atoms with Gasteiger partial charge in [0.15, 0.2) is 9.84 Å². The SMILES string of the molecule is CCS(=O)(=O)c1ccc(O)c(NC(=O)c2cccc(COc3ccccc3C(N)=O)c2)c1. The van der Waals surface area contributed by atoms with Crippen LogP contribution in [0.15, 0.2) is 71.6 Å². The number of anilines is 1. The summed E-state index contributed by atoms with van der Waals surface area (Å²) in [4.78, 5) is 24.2. The average molecular weight is 455 g/mol. The van der Waals surface area contributed by atoms with Crippen molar-refractivity contribution in [1.29, 1.82) is 0 Å². The predicted octanol–water partition coefficient (Wildman–Crippen LogP) is 3.12. The number of amides is 2. The summed E-state index contributed by atoms with van der Waals surface area (Å²) in [5, 5.41) is 12.6. The zero-order valence-electron chi connectivity index (χ0n) is 17.2. The van der Waals surface area contributed by atoms with Crippen LogP contribution in [-0.2, 0) is 16.4 Å². The zero-order valence-corrected chi connectivity index (χ0v) is 18.1. The van der Waals surface area contributed by atoms with E-state index in [1.165, 1.54) is 25.1 Å². The third-order valence-electron chi connectivity index (χ3n) is 4.69. The minimum absolute atomic E-state index is 0.00312. The van der Waals surface area contributed by atoms with Gasteiger partial charge in [0.05, 0.1) is 21.9 Å². The summed E-state index contributed by atoms with van der Waals surface area (Å²) in [6, 6.07) is 16.9. The van der Waals surface area contributed by atoms with Gasteiger partial charge in [-0.1, -0.05) is 31.2 Å². The summed E-state index contributed by atoms with van der Waals surface area (Å²) in [6.07, 6.45) is 0. The lowest BCUT2D eigenvalue weighted by atomic mass is 10.1. The van der Waals surface area contributed by atoms with Gasteiger partial charge in [-0.05, 0) is 48.0 Å². The molecule has 0 fully saturated rings. The van der Waals surface area contributed by atoms with Gasteiger partial charge in [0, 0.05) is 5.56 Å². The molecule has 0 saturated heterocycles. The quantitative estimate of drug-likeness (QED) is 0.448. The molecule has 0 saturated carbocycles. The fourth-order valence-corrected chi connectivity index (χ4v) is 3.84. The second-order valence-electron chi connectivity index (χ2n) is 6.89. The molecule has 9 heteroatoms. The normalized spacial score (nSPS) is 11.0. The Balaban J connectivity index is 1.77. The molecule has 3 rings (SSSR count). The van der Waals surface area contributed by atoms with E-state index in [9.17, 15) is 23.1 Å². The Hall–Kier alpha value is -3.85. The molecule has 0 unspecified atom stereocenters. The van der Waals surface area contributed by atoms with Crippen LogP contribution in [0.25, 0.3) is 0 Å². The number of carbonyl (C=O) groups excluding carboxylic acids is 2. The first-order valence-electron chi connectivity index (χ1n) is 9.69. The van der Waals surface area contributed by atoms with E-state index in [2.05, 4.69) is 5.32 Å². The molecule has 0 atom stereocenters. The molecule has 0 bridgehead atoms. The minimum Gasteiger partial charge on any atom is -0.506 e. The van der Waals surface area contributed by atoms with Crippen LogP contribution in [0.5, 0.6) is 11.5 Å². The van der Waals surface area contributed by atoms with E-state index in [0.29, 0.717) is 11.3 Å². The van der Waals surface area contributed by atoms with Crippen LogP contribution >= 0.6 is 0 Å². The number of hydrogen-bond donors (Lipinski definition) is 3. The molecule has 0 heterocycles. The molecule has 32 heavy (non-hydrogen) atoms. The number of rotatable bonds is 8. The Bertz CT molecular complexity index is 1270. The van der Waals surface area contributed by atoms with E-state index in [1.807, 2.05) is 0 Å². The van der Waals surface area contributed by atoms with Crippen LogP contribution in [-0.4, -0.2) is 31.1 Å². The van der Waals surface area contributed by atoms with Crippen molar-refractivity contribution in [3.63, 3.8) is 0 Å². The number of para-hydroxylation sites is 1. The van der Waals surface area contributed by atoms with Crippen LogP contribution in [0, 0.1) is 0 Å². The van der Waals surface area contributed by atoms with Crippen molar-refractivity contribution in [2.45, 2.75) is 18.4 Å². The maximum absolute atomic E-state index is 12.7. The monoisotopic (exact) mass is 454 g/mol. The number of sulfone groups is 1. The molecule has 166 valence electrons. The topological polar surface area (TPSA) is 136 Å². The van der Waals surface area contributed by atoms with Gasteiger partial charge in [-0.15, -0.1) is 0 Å². The van der Waals surface area contributed by atoms with Crippen molar-refractivity contribution in [2.75, 3.05) is 11.1 Å².